The third-order valence-corrected chi connectivity index (χ3v) is 6.49. The minimum atomic E-state index is -1.57. The Kier molecular flexibility index (Phi) is 10.8. The number of carbonyl (C=O) groups excluding carboxylic acids is 4. The highest BCUT2D eigenvalue weighted by molar-refractivity contribution is 5.67. The van der Waals surface area contributed by atoms with E-state index in [9.17, 15) is 19.2 Å². The molecule has 0 aliphatic carbocycles. The van der Waals surface area contributed by atoms with Crippen LogP contribution in [0.4, 0.5) is 0 Å². The second-order valence-electron chi connectivity index (χ2n) is 9.81. The zero-order valence-electron chi connectivity index (χ0n) is 24.0. The van der Waals surface area contributed by atoms with Crippen molar-refractivity contribution in [2.75, 3.05) is 26.4 Å². The Labute approximate surface area is 229 Å². The standard InChI is InChI=1S/C30H38O9/c1-19-9-11-27(13-21(19)3)29(15-35-23(5)31,16-36-24(6)32)39-30(17-37-25(7)33,18-38-26(8)34)28-12-10-20(2)22(4)14-28/h9-14H,15-18H2,1-8H3. The molecule has 0 radical (unpaired) electrons. The fourth-order valence-electron chi connectivity index (χ4n) is 3.95. The number of hydrogen-bond donors (Lipinski definition) is 0. The molecule has 0 aliphatic heterocycles. The molecule has 0 bridgehead atoms. The van der Waals surface area contributed by atoms with E-state index in [1.807, 2.05) is 52.0 Å². The van der Waals surface area contributed by atoms with Gasteiger partial charge >= 0.3 is 23.9 Å². The number of esters is 4. The third kappa shape index (κ3) is 8.64. The predicted molar refractivity (Wildman–Crippen MR) is 143 cm³/mol. The smallest absolute Gasteiger partial charge is 0.302 e. The van der Waals surface area contributed by atoms with E-state index in [1.165, 1.54) is 27.7 Å². The van der Waals surface area contributed by atoms with Crippen LogP contribution in [0.25, 0.3) is 0 Å². The van der Waals surface area contributed by atoms with Crippen molar-refractivity contribution in [3.05, 3.63) is 69.8 Å². The molecule has 2 rings (SSSR count). The Morgan fingerprint density at radius 1 is 0.513 bits per heavy atom. The summed E-state index contributed by atoms with van der Waals surface area (Å²) >= 11 is 0. The van der Waals surface area contributed by atoms with Crippen LogP contribution in [0, 0.1) is 27.7 Å². The van der Waals surface area contributed by atoms with Gasteiger partial charge < -0.3 is 23.7 Å². The van der Waals surface area contributed by atoms with Crippen LogP contribution in [0.1, 0.15) is 61.1 Å². The summed E-state index contributed by atoms with van der Waals surface area (Å²) in [4.78, 5) is 48.0. The molecular weight excluding hydrogens is 504 g/mol. The van der Waals surface area contributed by atoms with Crippen LogP contribution in [-0.2, 0) is 54.1 Å². The maximum absolute atomic E-state index is 12.0. The van der Waals surface area contributed by atoms with E-state index in [0.29, 0.717) is 11.1 Å². The molecule has 39 heavy (non-hydrogen) atoms. The van der Waals surface area contributed by atoms with E-state index in [2.05, 4.69) is 0 Å². The van der Waals surface area contributed by atoms with Gasteiger partial charge in [-0.1, -0.05) is 36.4 Å². The van der Waals surface area contributed by atoms with Gasteiger partial charge in [0.1, 0.15) is 26.4 Å². The van der Waals surface area contributed by atoms with Crippen molar-refractivity contribution in [2.24, 2.45) is 0 Å². The molecule has 0 unspecified atom stereocenters. The first-order valence-corrected chi connectivity index (χ1v) is 12.6. The van der Waals surface area contributed by atoms with Gasteiger partial charge in [-0.05, 0) is 61.1 Å². The van der Waals surface area contributed by atoms with Gasteiger partial charge in [-0.15, -0.1) is 0 Å². The summed E-state index contributed by atoms with van der Waals surface area (Å²) in [5.74, 6) is -2.31. The summed E-state index contributed by atoms with van der Waals surface area (Å²) in [6.45, 7) is 11.4. The number of carbonyl (C=O) groups is 4. The predicted octanol–water partition coefficient (Wildman–Crippen LogP) is 4.28. The number of hydrogen-bond acceptors (Lipinski definition) is 9. The molecule has 0 fully saturated rings. The average molecular weight is 543 g/mol. The van der Waals surface area contributed by atoms with Crippen molar-refractivity contribution in [1.82, 2.24) is 0 Å². The Morgan fingerprint density at radius 2 is 0.795 bits per heavy atom. The zero-order chi connectivity index (χ0) is 29.4. The van der Waals surface area contributed by atoms with E-state index < -0.39 is 35.1 Å². The third-order valence-electron chi connectivity index (χ3n) is 6.49. The molecule has 9 nitrogen and oxygen atoms in total. The average Bonchev–Trinajstić information content (AvgIpc) is 2.85. The molecule has 0 N–H and O–H groups in total. The number of ether oxygens (including phenoxy) is 5. The topological polar surface area (TPSA) is 114 Å². The van der Waals surface area contributed by atoms with Crippen molar-refractivity contribution in [2.45, 2.75) is 66.6 Å². The molecule has 0 saturated heterocycles. The van der Waals surface area contributed by atoms with Gasteiger partial charge in [-0.25, -0.2) is 0 Å². The van der Waals surface area contributed by atoms with Crippen LogP contribution in [0.5, 0.6) is 0 Å². The van der Waals surface area contributed by atoms with E-state index in [-0.39, 0.29) is 26.4 Å². The van der Waals surface area contributed by atoms with Crippen LogP contribution in [0.15, 0.2) is 36.4 Å². The van der Waals surface area contributed by atoms with Crippen molar-refractivity contribution >= 4 is 23.9 Å². The quantitative estimate of drug-likeness (QED) is 0.286. The van der Waals surface area contributed by atoms with Crippen LogP contribution in [0.3, 0.4) is 0 Å². The zero-order valence-corrected chi connectivity index (χ0v) is 24.0. The van der Waals surface area contributed by atoms with E-state index in [1.54, 1.807) is 12.1 Å². The number of rotatable bonds is 12. The summed E-state index contributed by atoms with van der Waals surface area (Å²) in [5.41, 5.74) is 1.80. The fraction of sp³-hybridized carbons (Fsp3) is 0.467. The Hall–Kier alpha value is -3.72. The van der Waals surface area contributed by atoms with Gasteiger partial charge in [-0.3, -0.25) is 19.2 Å². The molecule has 0 amide bonds. The molecular formula is C30H38O9. The van der Waals surface area contributed by atoms with Gasteiger partial charge in [0.2, 0.25) is 0 Å². The van der Waals surface area contributed by atoms with Gasteiger partial charge in [0, 0.05) is 27.7 Å². The first-order valence-electron chi connectivity index (χ1n) is 12.6. The summed E-state index contributed by atoms with van der Waals surface area (Å²) in [7, 11) is 0. The van der Waals surface area contributed by atoms with E-state index in [4.69, 9.17) is 23.7 Å². The molecule has 2 aromatic carbocycles. The van der Waals surface area contributed by atoms with Crippen LogP contribution in [0.2, 0.25) is 0 Å². The van der Waals surface area contributed by atoms with Gasteiger partial charge in [0.15, 0.2) is 11.2 Å². The lowest BCUT2D eigenvalue weighted by atomic mass is 9.87. The largest absolute Gasteiger partial charge is 0.462 e. The maximum Gasteiger partial charge on any atom is 0.302 e. The second-order valence-corrected chi connectivity index (χ2v) is 9.81. The molecule has 9 heteroatoms. The minimum Gasteiger partial charge on any atom is -0.462 e. The van der Waals surface area contributed by atoms with Gasteiger partial charge in [0.25, 0.3) is 0 Å². The normalized spacial score (nSPS) is 11.5. The Morgan fingerprint density at radius 3 is 1.03 bits per heavy atom. The first-order chi connectivity index (χ1) is 18.2. The molecule has 212 valence electrons. The lowest BCUT2D eigenvalue weighted by Gasteiger charge is -2.43. The Balaban J connectivity index is 2.88. The molecule has 0 atom stereocenters. The molecule has 0 aliphatic rings. The fourth-order valence-corrected chi connectivity index (χ4v) is 3.95. The summed E-state index contributed by atoms with van der Waals surface area (Å²) in [5, 5.41) is 0. The number of benzene rings is 2. The molecule has 0 spiro atoms. The maximum atomic E-state index is 12.0. The van der Waals surface area contributed by atoms with Crippen molar-refractivity contribution in [1.29, 1.82) is 0 Å². The molecule has 2 aromatic rings. The van der Waals surface area contributed by atoms with E-state index in [0.717, 1.165) is 22.3 Å². The lowest BCUT2D eigenvalue weighted by Crippen LogP contribution is -2.52. The van der Waals surface area contributed by atoms with Crippen LogP contribution >= 0.6 is 0 Å². The highest BCUT2D eigenvalue weighted by Crippen LogP contribution is 2.40. The van der Waals surface area contributed by atoms with Crippen molar-refractivity contribution < 1.29 is 42.9 Å². The van der Waals surface area contributed by atoms with Crippen LogP contribution in [-0.4, -0.2) is 50.3 Å². The van der Waals surface area contributed by atoms with Gasteiger partial charge in [-0.2, -0.15) is 0 Å². The van der Waals surface area contributed by atoms with Crippen molar-refractivity contribution in [3.8, 4) is 0 Å². The van der Waals surface area contributed by atoms with Gasteiger partial charge in [0.05, 0.1) is 0 Å². The minimum absolute atomic E-state index is 0.342. The summed E-state index contributed by atoms with van der Waals surface area (Å²) < 4.78 is 28.8. The van der Waals surface area contributed by atoms with E-state index >= 15 is 0 Å². The monoisotopic (exact) mass is 542 g/mol. The lowest BCUT2D eigenvalue weighted by molar-refractivity contribution is -0.242. The number of aryl methyl sites for hydroxylation is 4. The first kappa shape index (κ1) is 31.5. The molecule has 0 aromatic heterocycles. The molecule has 0 saturated carbocycles. The molecule has 0 heterocycles. The summed E-state index contributed by atoms with van der Waals surface area (Å²) in [6, 6.07) is 11.0. The summed E-state index contributed by atoms with van der Waals surface area (Å²) in [6.07, 6.45) is 0. The van der Waals surface area contributed by atoms with Crippen LogP contribution < -0.4 is 0 Å². The van der Waals surface area contributed by atoms with Crippen molar-refractivity contribution in [3.63, 3.8) is 0 Å². The highest BCUT2D eigenvalue weighted by atomic mass is 16.6. The SMILES string of the molecule is CC(=O)OCC(COC(C)=O)(OC(COC(C)=O)(COC(C)=O)c1ccc(C)c(C)c1)c1ccc(C)c(C)c1. The Bertz CT molecular complexity index is 1090. The second kappa shape index (κ2) is 13.4. The highest BCUT2D eigenvalue weighted by Gasteiger charge is 2.48.